The van der Waals surface area contributed by atoms with Crippen LogP contribution in [0.2, 0.25) is 0 Å². The van der Waals surface area contributed by atoms with Gasteiger partial charge in [0.1, 0.15) is 5.82 Å². The molecule has 0 saturated heterocycles. The topological polar surface area (TPSA) is 85.2 Å². The van der Waals surface area contributed by atoms with Crippen molar-refractivity contribution in [3.8, 4) is 11.4 Å². The Morgan fingerprint density at radius 3 is 2.44 bits per heavy atom. The molecule has 7 heteroatoms. The summed E-state index contributed by atoms with van der Waals surface area (Å²) in [7, 11) is 0. The molecule has 0 radical (unpaired) electrons. The second-order valence-electron chi connectivity index (χ2n) is 9.29. The molecule has 0 unspecified atom stereocenters. The van der Waals surface area contributed by atoms with Gasteiger partial charge in [-0.25, -0.2) is 9.67 Å². The number of aryl methyl sites for hydroxylation is 1. The fourth-order valence-electron chi connectivity index (χ4n) is 3.77. The molecule has 2 aromatic carbocycles. The van der Waals surface area contributed by atoms with Gasteiger partial charge < -0.3 is 0 Å². The van der Waals surface area contributed by atoms with Crippen molar-refractivity contribution in [2.24, 2.45) is 0 Å². The van der Waals surface area contributed by atoms with Crippen LogP contribution in [-0.4, -0.2) is 35.4 Å². The maximum Gasteiger partial charge on any atom is 0.204 e. The number of rotatable bonds is 8. The maximum absolute atomic E-state index is 4.85. The van der Waals surface area contributed by atoms with Crippen LogP contribution >= 0.6 is 0 Å². The Morgan fingerprint density at radius 1 is 0.969 bits per heavy atom. The summed E-state index contributed by atoms with van der Waals surface area (Å²) in [5.41, 5.74) is 4.63. The van der Waals surface area contributed by atoms with Crippen molar-refractivity contribution >= 4 is 0 Å². The van der Waals surface area contributed by atoms with E-state index in [2.05, 4.69) is 89.4 Å². The summed E-state index contributed by atoms with van der Waals surface area (Å²) >= 11 is 0. The Kier molecular flexibility index (Phi) is 6.44. The zero-order valence-corrected chi connectivity index (χ0v) is 19.3. The first-order valence-electron chi connectivity index (χ1n) is 11.3. The third-order valence-corrected chi connectivity index (χ3v) is 5.43. The molecule has 0 bridgehead atoms. The fourth-order valence-corrected chi connectivity index (χ4v) is 3.77. The summed E-state index contributed by atoms with van der Waals surface area (Å²) in [6.07, 6.45) is 4.06. The van der Waals surface area contributed by atoms with Gasteiger partial charge in [-0.3, -0.25) is 0 Å². The van der Waals surface area contributed by atoms with Crippen LogP contribution < -0.4 is 0 Å². The normalized spacial score (nSPS) is 11.8. The molecule has 0 aliphatic rings. The first kappa shape index (κ1) is 21.9. The third-order valence-electron chi connectivity index (χ3n) is 5.43. The lowest BCUT2D eigenvalue weighted by Gasteiger charge is -2.18. The van der Waals surface area contributed by atoms with Crippen molar-refractivity contribution in [3.63, 3.8) is 0 Å². The Balaban J connectivity index is 1.48. The van der Waals surface area contributed by atoms with Gasteiger partial charge in [-0.2, -0.15) is 10.3 Å². The minimum atomic E-state index is -0.0406. The standard InChI is InChI=1S/C25H31N7/c1-5-6-10-22-26-24(25(2,3)4)32(29-22)17-19-13-11-18(12-14-19)15-20-8-7-9-21(16-20)23-27-30-31-28-23/h7-9,11-14,16H,5-6,10,15,17H2,1-4H3,(H,27,28,30,31). The molecule has 0 spiro atoms. The maximum atomic E-state index is 4.85. The second kappa shape index (κ2) is 9.42. The molecule has 0 atom stereocenters. The van der Waals surface area contributed by atoms with Crippen LogP contribution in [0.5, 0.6) is 0 Å². The molecule has 0 fully saturated rings. The quantitative estimate of drug-likeness (QED) is 0.437. The molecule has 1 N–H and O–H groups in total. The lowest BCUT2D eigenvalue weighted by atomic mass is 9.95. The van der Waals surface area contributed by atoms with Crippen molar-refractivity contribution in [3.05, 3.63) is 76.9 Å². The van der Waals surface area contributed by atoms with Crippen LogP contribution in [0, 0.1) is 0 Å². The largest absolute Gasteiger partial charge is 0.245 e. The molecule has 166 valence electrons. The molecular weight excluding hydrogens is 398 g/mol. The molecular formula is C25H31N7. The molecule has 0 amide bonds. The van der Waals surface area contributed by atoms with Gasteiger partial charge in [0.25, 0.3) is 0 Å². The predicted octanol–water partition coefficient (Wildman–Crippen LogP) is 4.74. The lowest BCUT2D eigenvalue weighted by molar-refractivity contribution is 0.490. The van der Waals surface area contributed by atoms with E-state index in [1.54, 1.807) is 0 Å². The SMILES string of the molecule is CCCCc1nc(C(C)(C)C)n(Cc2ccc(Cc3cccc(-c4nn[nH]n4)c3)cc2)n1. The van der Waals surface area contributed by atoms with Crippen molar-refractivity contribution < 1.29 is 0 Å². The summed E-state index contributed by atoms with van der Waals surface area (Å²) in [6.45, 7) is 9.53. The van der Waals surface area contributed by atoms with Gasteiger partial charge in [0.2, 0.25) is 5.82 Å². The van der Waals surface area contributed by atoms with Crippen molar-refractivity contribution in [2.45, 2.75) is 65.3 Å². The van der Waals surface area contributed by atoms with E-state index in [0.29, 0.717) is 5.82 Å². The van der Waals surface area contributed by atoms with Gasteiger partial charge in [-0.05, 0) is 40.8 Å². The van der Waals surface area contributed by atoms with E-state index in [4.69, 9.17) is 10.1 Å². The molecule has 0 aliphatic carbocycles. The number of nitrogens with one attached hydrogen (secondary N) is 1. The average Bonchev–Trinajstić information content (AvgIpc) is 3.44. The minimum absolute atomic E-state index is 0.0406. The Hall–Kier alpha value is -3.35. The zero-order chi connectivity index (χ0) is 22.6. The Bertz CT molecular complexity index is 1140. The molecule has 4 aromatic rings. The molecule has 7 nitrogen and oxygen atoms in total. The second-order valence-corrected chi connectivity index (χ2v) is 9.29. The van der Waals surface area contributed by atoms with Gasteiger partial charge in [-0.1, -0.05) is 76.6 Å². The monoisotopic (exact) mass is 429 g/mol. The van der Waals surface area contributed by atoms with Gasteiger partial charge in [0.05, 0.1) is 6.54 Å². The van der Waals surface area contributed by atoms with Gasteiger partial charge >= 0.3 is 0 Å². The number of hydrogen-bond acceptors (Lipinski definition) is 5. The highest BCUT2D eigenvalue weighted by Gasteiger charge is 2.23. The number of nitrogens with zero attached hydrogens (tertiary/aromatic N) is 6. The lowest BCUT2D eigenvalue weighted by Crippen LogP contribution is -2.20. The number of H-pyrrole nitrogens is 1. The average molecular weight is 430 g/mol. The van der Waals surface area contributed by atoms with Crippen LogP contribution in [0.4, 0.5) is 0 Å². The summed E-state index contributed by atoms with van der Waals surface area (Å²) < 4.78 is 2.08. The van der Waals surface area contributed by atoms with E-state index in [-0.39, 0.29) is 5.41 Å². The molecule has 2 heterocycles. The van der Waals surface area contributed by atoms with E-state index in [9.17, 15) is 0 Å². The van der Waals surface area contributed by atoms with E-state index in [1.807, 2.05) is 12.1 Å². The van der Waals surface area contributed by atoms with Gasteiger partial charge in [0, 0.05) is 17.4 Å². The number of tetrazole rings is 1. The van der Waals surface area contributed by atoms with Crippen molar-refractivity contribution in [2.75, 3.05) is 0 Å². The number of aromatic nitrogens is 7. The number of unbranched alkanes of at least 4 members (excludes halogenated alkanes) is 1. The summed E-state index contributed by atoms with van der Waals surface area (Å²) in [4.78, 5) is 4.85. The van der Waals surface area contributed by atoms with Gasteiger partial charge in [0.15, 0.2) is 5.82 Å². The summed E-state index contributed by atoms with van der Waals surface area (Å²) in [5, 5.41) is 19.1. The highest BCUT2D eigenvalue weighted by Crippen LogP contribution is 2.22. The third kappa shape index (κ3) is 5.28. The molecule has 0 aliphatic heterocycles. The first-order chi connectivity index (χ1) is 15.4. The zero-order valence-electron chi connectivity index (χ0n) is 19.3. The highest BCUT2D eigenvalue weighted by atomic mass is 15.5. The smallest absolute Gasteiger partial charge is 0.204 e. The van der Waals surface area contributed by atoms with E-state index in [1.165, 1.54) is 16.7 Å². The van der Waals surface area contributed by atoms with Crippen molar-refractivity contribution in [1.29, 1.82) is 0 Å². The van der Waals surface area contributed by atoms with Gasteiger partial charge in [-0.15, -0.1) is 10.2 Å². The van der Waals surface area contributed by atoms with Crippen LogP contribution in [0.1, 0.15) is 68.9 Å². The van der Waals surface area contributed by atoms with Crippen molar-refractivity contribution in [1.82, 2.24) is 35.4 Å². The first-order valence-corrected chi connectivity index (χ1v) is 11.3. The number of hydrogen-bond donors (Lipinski definition) is 1. The summed E-state index contributed by atoms with van der Waals surface area (Å²) in [6, 6.07) is 17.0. The minimum Gasteiger partial charge on any atom is -0.245 e. The Labute approximate surface area is 189 Å². The number of aromatic amines is 1. The van der Waals surface area contributed by atoms with Crippen LogP contribution in [0.3, 0.4) is 0 Å². The van der Waals surface area contributed by atoms with E-state index >= 15 is 0 Å². The van der Waals surface area contributed by atoms with Crippen LogP contribution in [0.25, 0.3) is 11.4 Å². The molecule has 0 saturated carbocycles. The molecule has 32 heavy (non-hydrogen) atoms. The molecule has 4 rings (SSSR count). The predicted molar refractivity (Wildman–Crippen MR) is 125 cm³/mol. The fraction of sp³-hybridized carbons (Fsp3) is 0.400. The van der Waals surface area contributed by atoms with Crippen LogP contribution in [-0.2, 0) is 24.8 Å². The summed E-state index contributed by atoms with van der Waals surface area (Å²) in [5.74, 6) is 2.61. The van der Waals surface area contributed by atoms with E-state index < -0.39 is 0 Å². The van der Waals surface area contributed by atoms with E-state index in [0.717, 1.165) is 49.4 Å². The molecule has 2 aromatic heterocycles. The Morgan fingerprint density at radius 2 is 1.75 bits per heavy atom. The van der Waals surface area contributed by atoms with Crippen LogP contribution in [0.15, 0.2) is 48.5 Å². The highest BCUT2D eigenvalue weighted by molar-refractivity contribution is 5.55. The number of benzene rings is 2.